The first-order valence-corrected chi connectivity index (χ1v) is 9.35. The van der Waals surface area contributed by atoms with Gasteiger partial charge in [0, 0.05) is 5.75 Å². The van der Waals surface area contributed by atoms with Crippen molar-refractivity contribution in [2.24, 2.45) is 0 Å². The third-order valence-electron chi connectivity index (χ3n) is 3.16. The SMILES string of the molecule is N#Cc1cccc(CSc2nnc(NC(=O)c3ccccc3Cl)s2)c1. The van der Waals surface area contributed by atoms with E-state index in [-0.39, 0.29) is 5.91 Å². The van der Waals surface area contributed by atoms with Crippen molar-refractivity contribution in [3.63, 3.8) is 0 Å². The fourth-order valence-corrected chi connectivity index (χ4v) is 3.92. The van der Waals surface area contributed by atoms with Gasteiger partial charge in [-0.2, -0.15) is 5.26 Å². The first kappa shape index (κ1) is 17.4. The normalized spacial score (nSPS) is 10.2. The van der Waals surface area contributed by atoms with Crippen molar-refractivity contribution in [2.75, 3.05) is 5.32 Å². The fraction of sp³-hybridized carbons (Fsp3) is 0.0588. The van der Waals surface area contributed by atoms with Crippen LogP contribution in [0.25, 0.3) is 0 Å². The van der Waals surface area contributed by atoms with Crippen LogP contribution in [0, 0.1) is 11.3 Å². The van der Waals surface area contributed by atoms with Gasteiger partial charge in [0.2, 0.25) is 5.13 Å². The minimum absolute atomic E-state index is 0.319. The van der Waals surface area contributed by atoms with E-state index in [0.29, 0.717) is 27.0 Å². The van der Waals surface area contributed by atoms with Gasteiger partial charge in [0.05, 0.1) is 22.2 Å². The van der Waals surface area contributed by atoms with Gasteiger partial charge in [-0.1, -0.05) is 59.0 Å². The van der Waals surface area contributed by atoms with Gasteiger partial charge in [-0.3, -0.25) is 10.1 Å². The number of anilines is 1. The molecule has 0 aliphatic rings. The zero-order valence-corrected chi connectivity index (χ0v) is 15.2. The third kappa shape index (κ3) is 4.57. The summed E-state index contributed by atoms with van der Waals surface area (Å²) in [5.74, 6) is 0.350. The van der Waals surface area contributed by atoms with E-state index in [1.54, 1.807) is 30.3 Å². The maximum absolute atomic E-state index is 12.2. The van der Waals surface area contributed by atoms with Crippen molar-refractivity contribution in [1.29, 1.82) is 5.26 Å². The molecule has 0 saturated heterocycles. The lowest BCUT2D eigenvalue weighted by molar-refractivity contribution is 0.102. The second-order valence-electron chi connectivity index (χ2n) is 4.91. The molecular formula is C17H11ClN4OS2. The topological polar surface area (TPSA) is 78.7 Å². The van der Waals surface area contributed by atoms with Crippen LogP contribution in [0.3, 0.4) is 0 Å². The van der Waals surface area contributed by atoms with Gasteiger partial charge < -0.3 is 0 Å². The van der Waals surface area contributed by atoms with Gasteiger partial charge in [0.1, 0.15) is 0 Å². The Morgan fingerprint density at radius 3 is 2.88 bits per heavy atom. The minimum atomic E-state index is -0.319. The maximum atomic E-state index is 12.2. The standard InChI is InChI=1S/C17H11ClN4OS2/c18-14-7-2-1-6-13(14)15(23)20-16-21-22-17(25-16)24-10-12-5-3-4-11(8-12)9-19/h1-8H,10H2,(H,20,21,23). The highest BCUT2D eigenvalue weighted by atomic mass is 35.5. The molecule has 0 aliphatic heterocycles. The number of amides is 1. The number of rotatable bonds is 5. The Balaban J connectivity index is 1.62. The van der Waals surface area contributed by atoms with Crippen molar-refractivity contribution in [1.82, 2.24) is 10.2 Å². The molecule has 1 N–H and O–H groups in total. The molecule has 8 heteroatoms. The van der Waals surface area contributed by atoms with Crippen molar-refractivity contribution >= 4 is 45.7 Å². The second-order valence-corrected chi connectivity index (χ2v) is 7.52. The summed E-state index contributed by atoms with van der Waals surface area (Å²) in [4.78, 5) is 12.2. The molecule has 0 aliphatic carbocycles. The summed E-state index contributed by atoms with van der Waals surface area (Å²) in [7, 11) is 0. The predicted octanol–water partition coefficient (Wildman–Crippen LogP) is 4.61. The molecule has 25 heavy (non-hydrogen) atoms. The monoisotopic (exact) mass is 386 g/mol. The largest absolute Gasteiger partial charge is 0.296 e. The van der Waals surface area contributed by atoms with Gasteiger partial charge in [0.15, 0.2) is 4.34 Å². The van der Waals surface area contributed by atoms with Crippen molar-refractivity contribution < 1.29 is 4.79 Å². The van der Waals surface area contributed by atoms with Gasteiger partial charge in [-0.15, -0.1) is 10.2 Å². The molecule has 5 nitrogen and oxygen atoms in total. The number of carbonyl (C=O) groups is 1. The number of nitrogens with one attached hydrogen (secondary N) is 1. The molecule has 1 heterocycles. The van der Waals surface area contributed by atoms with Crippen LogP contribution in [0.5, 0.6) is 0 Å². The molecule has 0 fully saturated rings. The molecule has 0 spiro atoms. The van der Waals surface area contributed by atoms with E-state index in [1.807, 2.05) is 18.2 Å². The van der Waals surface area contributed by atoms with Crippen LogP contribution < -0.4 is 5.32 Å². The molecule has 1 amide bonds. The van der Waals surface area contributed by atoms with Crippen molar-refractivity contribution in [3.8, 4) is 6.07 Å². The maximum Gasteiger partial charge on any atom is 0.259 e. The lowest BCUT2D eigenvalue weighted by Gasteiger charge is -2.02. The van der Waals surface area contributed by atoms with Gasteiger partial charge in [0.25, 0.3) is 5.91 Å². The van der Waals surface area contributed by atoms with Crippen LogP contribution in [-0.4, -0.2) is 16.1 Å². The number of nitrogens with zero attached hydrogens (tertiary/aromatic N) is 3. The number of carbonyl (C=O) groups excluding carboxylic acids is 1. The highest BCUT2D eigenvalue weighted by Gasteiger charge is 2.13. The smallest absolute Gasteiger partial charge is 0.259 e. The van der Waals surface area contributed by atoms with Gasteiger partial charge in [-0.05, 0) is 29.8 Å². The predicted molar refractivity (Wildman–Crippen MR) is 100 cm³/mol. The Morgan fingerprint density at radius 2 is 2.08 bits per heavy atom. The molecular weight excluding hydrogens is 376 g/mol. The average Bonchev–Trinajstić information content (AvgIpc) is 3.08. The van der Waals surface area contributed by atoms with E-state index in [4.69, 9.17) is 16.9 Å². The minimum Gasteiger partial charge on any atom is -0.296 e. The van der Waals surface area contributed by atoms with Crippen molar-refractivity contribution in [2.45, 2.75) is 10.1 Å². The Hall–Kier alpha value is -2.40. The summed E-state index contributed by atoms with van der Waals surface area (Å²) in [5.41, 5.74) is 2.05. The highest BCUT2D eigenvalue weighted by Crippen LogP contribution is 2.29. The van der Waals surface area contributed by atoms with E-state index in [1.165, 1.54) is 23.1 Å². The Labute approximate surface area is 157 Å². The molecule has 0 bridgehead atoms. The number of benzene rings is 2. The summed E-state index contributed by atoms with van der Waals surface area (Å²) in [6, 6.07) is 16.4. The molecule has 3 aromatic rings. The summed E-state index contributed by atoms with van der Waals surface area (Å²) >= 11 is 8.80. The Bertz CT molecular complexity index is 952. The third-order valence-corrected chi connectivity index (χ3v) is 5.54. The number of thioether (sulfide) groups is 1. The van der Waals surface area contributed by atoms with E-state index < -0.39 is 0 Å². The number of halogens is 1. The fourth-order valence-electron chi connectivity index (χ4n) is 2.00. The first-order valence-electron chi connectivity index (χ1n) is 7.17. The second kappa shape index (κ2) is 8.12. The molecule has 0 unspecified atom stereocenters. The molecule has 124 valence electrons. The molecule has 0 atom stereocenters. The van der Waals surface area contributed by atoms with Crippen molar-refractivity contribution in [3.05, 3.63) is 70.2 Å². The summed E-state index contributed by atoms with van der Waals surface area (Å²) in [5, 5.41) is 20.5. The highest BCUT2D eigenvalue weighted by molar-refractivity contribution is 8.00. The number of hydrogen-bond acceptors (Lipinski definition) is 6. The van der Waals surface area contributed by atoms with Crippen LogP contribution in [0.1, 0.15) is 21.5 Å². The molecule has 0 radical (unpaired) electrons. The lowest BCUT2D eigenvalue weighted by atomic mass is 10.2. The van der Waals surface area contributed by atoms with Crippen LogP contribution in [0.2, 0.25) is 5.02 Å². The lowest BCUT2D eigenvalue weighted by Crippen LogP contribution is -2.12. The zero-order chi connectivity index (χ0) is 17.6. The summed E-state index contributed by atoms with van der Waals surface area (Å²) in [6.45, 7) is 0. The summed E-state index contributed by atoms with van der Waals surface area (Å²) < 4.78 is 0.733. The van der Waals surface area contributed by atoms with E-state index in [0.717, 1.165) is 9.90 Å². The van der Waals surface area contributed by atoms with E-state index in [9.17, 15) is 4.79 Å². The Kier molecular flexibility index (Phi) is 5.66. The van der Waals surface area contributed by atoms with Gasteiger partial charge in [-0.25, -0.2) is 0 Å². The Morgan fingerprint density at radius 1 is 1.24 bits per heavy atom. The number of hydrogen-bond donors (Lipinski definition) is 1. The van der Waals surface area contributed by atoms with Crippen LogP contribution >= 0.6 is 34.7 Å². The molecule has 1 aromatic heterocycles. The van der Waals surface area contributed by atoms with Crippen LogP contribution in [-0.2, 0) is 5.75 Å². The van der Waals surface area contributed by atoms with E-state index >= 15 is 0 Å². The average molecular weight is 387 g/mol. The van der Waals surface area contributed by atoms with Gasteiger partial charge >= 0.3 is 0 Å². The molecule has 2 aromatic carbocycles. The number of aromatic nitrogens is 2. The van der Waals surface area contributed by atoms with E-state index in [2.05, 4.69) is 21.6 Å². The quantitative estimate of drug-likeness (QED) is 0.511. The zero-order valence-electron chi connectivity index (χ0n) is 12.8. The first-order chi connectivity index (χ1) is 12.2. The molecule has 0 saturated carbocycles. The van der Waals surface area contributed by atoms with Crippen LogP contribution in [0.15, 0.2) is 52.9 Å². The van der Waals surface area contributed by atoms with Crippen LogP contribution in [0.4, 0.5) is 5.13 Å². The molecule has 3 rings (SSSR count). The number of nitriles is 1. The summed E-state index contributed by atoms with van der Waals surface area (Å²) in [6.07, 6.45) is 0.